The molecule has 100 valence electrons. The molecule has 1 atom stereocenters. The van der Waals surface area contributed by atoms with Gasteiger partial charge < -0.3 is 10.1 Å². The third kappa shape index (κ3) is 6.05. The van der Waals surface area contributed by atoms with Gasteiger partial charge >= 0.3 is 0 Å². The van der Waals surface area contributed by atoms with Crippen LogP contribution in [0, 0.1) is 6.92 Å². The monoisotopic (exact) mass is 313 g/mol. The Hall–Kier alpha value is -1.03. The van der Waals surface area contributed by atoms with E-state index in [1.165, 1.54) is 0 Å². The lowest BCUT2D eigenvalue weighted by Crippen LogP contribution is -2.33. The average Bonchev–Trinajstić information content (AvgIpc) is 2.29. The fourth-order valence-electron chi connectivity index (χ4n) is 1.55. The zero-order chi connectivity index (χ0) is 13.4. The molecule has 1 rings (SSSR count). The number of amides is 1. The van der Waals surface area contributed by atoms with Gasteiger partial charge in [0.05, 0.1) is 13.0 Å². The second-order valence-electron chi connectivity index (χ2n) is 4.36. The first kappa shape index (κ1) is 15.0. The van der Waals surface area contributed by atoms with Crippen LogP contribution >= 0.6 is 15.9 Å². The number of nitrogens with one attached hydrogen (secondary N) is 1. The summed E-state index contributed by atoms with van der Waals surface area (Å²) in [6.45, 7) is 4.43. The van der Waals surface area contributed by atoms with E-state index in [1.54, 1.807) is 0 Å². The highest BCUT2D eigenvalue weighted by molar-refractivity contribution is 9.09. The van der Waals surface area contributed by atoms with Crippen molar-refractivity contribution in [3.8, 4) is 5.75 Å². The van der Waals surface area contributed by atoms with Crippen molar-refractivity contribution in [3.63, 3.8) is 0 Å². The number of alkyl halides is 1. The third-order valence-electron chi connectivity index (χ3n) is 2.54. The van der Waals surface area contributed by atoms with Gasteiger partial charge in [-0.25, -0.2) is 0 Å². The number of benzene rings is 1. The minimum absolute atomic E-state index is 0.0381. The van der Waals surface area contributed by atoms with Crippen LogP contribution in [0.15, 0.2) is 24.3 Å². The maximum Gasteiger partial charge on any atom is 0.223 e. The molecule has 3 nitrogen and oxygen atoms in total. The van der Waals surface area contributed by atoms with Gasteiger partial charge in [-0.1, -0.05) is 28.1 Å². The lowest BCUT2D eigenvalue weighted by molar-refractivity contribution is -0.122. The number of carbonyl (C=O) groups excluding carboxylic acids is 1. The van der Waals surface area contributed by atoms with Gasteiger partial charge in [-0.15, -0.1) is 0 Å². The molecule has 0 bridgehead atoms. The number of hydrogen-bond donors (Lipinski definition) is 1. The predicted octanol–water partition coefficient (Wildman–Crippen LogP) is 3.05. The van der Waals surface area contributed by atoms with Crippen molar-refractivity contribution in [1.29, 1.82) is 0 Å². The van der Waals surface area contributed by atoms with Crippen LogP contribution in [-0.4, -0.2) is 23.9 Å². The van der Waals surface area contributed by atoms with E-state index in [0.29, 0.717) is 13.0 Å². The number of ether oxygens (including phenoxy) is 1. The second kappa shape index (κ2) is 8.14. The minimum atomic E-state index is 0.0381. The molecule has 0 aliphatic carbocycles. The smallest absolute Gasteiger partial charge is 0.223 e. The summed E-state index contributed by atoms with van der Waals surface area (Å²) in [7, 11) is 0. The zero-order valence-corrected chi connectivity index (χ0v) is 12.5. The van der Waals surface area contributed by atoms with Gasteiger partial charge in [0, 0.05) is 11.4 Å². The van der Waals surface area contributed by atoms with Crippen molar-refractivity contribution in [2.75, 3.05) is 11.9 Å². The van der Waals surface area contributed by atoms with Crippen LogP contribution in [0.4, 0.5) is 0 Å². The Labute approximate surface area is 117 Å². The van der Waals surface area contributed by atoms with E-state index in [-0.39, 0.29) is 11.9 Å². The number of aryl methyl sites for hydroxylation is 1. The Balaban J connectivity index is 2.23. The fourth-order valence-corrected chi connectivity index (χ4v) is 2.24. The summed E-state index contributed by atoms with van der Waals surface area (Å²) in [4.78, 5) is 11.6. The van der Waals surface area contributed by atoms with Gasteiger partial charge in [-0.3, -0.25) is 4.79 Å². The van der Waals surface area contributed by atoms with Crippen LogP contribution in [0.5, 0.6) is 5.75 Å². The molecule has 0 aliphatic heterocycles. The van der Waals surface area contributed by atoms with E-state index >= 15 is 0 Å². The van der Waals surface area contributed by atoms with Crippen LogP contribution in [0.3, 0.4) is 0 Å². The lowest BCUT2D eigenvalue weighted by atomic mass is 10.2. The maximum absolute atomic E-state index is 11.6. The molecule has 0 radical (unpaired) electrons. The summed E-state index contributed by atoms with van der Waals surface area (Å²) in [6, 6.07) is 8.03. The average molecular weight is 314 g/mol. The van der Waals surface area contributed by atoms with Crippen molar-refractivity contribution in [1.82, 2.24) is 5.32 Å². The summed E-state index contributed by atoms with van der Waals surface area (Å²) in [6.07, 6.45) is 1.32. The Morgan fingerprint density at radius 2 is 2.28 bits per heavy atom. The van der Waals surface area contributed by atoms with E-state index in [1.807, 2.05) is 38.1 Å². The topological polar surface area (TPSA) is 38.3 Å². The van der Waals surface area contributed by atoms with Crippen LogP contribution in [0.2, 0.25) is 0 Å². The van der Waals surface area contributed by atoms with Gasteiger partial charge in [0.15, 0.2) is 0 Å². The first-order chi connectivity index (χ1) is 8.61. The van der Waals surface area contributed by atoms with Crippen LogP contribution < -0.4 is 10.1 Å². The Bertz CT molecular complexity index is 382. The molecule has 1 amide bonds. The molecular formula is C14H20BrNO2. The molecule has 0 saturated carbocycles. The Kier molecular flexibility index (Phi) is 6.80. The highest BCUT2D eigenvalue weighted by Crippen LogP contribution is 2.12. The molecule has 0 fully saturated rings. The number of hydrogen-bond acceptors (Lipinski definition) is 2. The normalized spacial score (nSPS) is 11.9. The van der Waals surface area contributed by atoms with Crippen molar-refractivity contribution >= 4 is 21.8 Å². The summed E-state index contributed by atoms with van der Waals surface area (Å²) in [5.74, 6) is 0.854. The SMILES string of the molecule is Cc1cccc(OCCC(=O)NC(C)CCBr)c1. The molecule has 0 aromatic heterocycles. The molecule has 0 heterocycles. The van der Waals surface area contributed by atoms with Crippen molar-refractivity contribution < 1.29 is 9.53 Å². The lowest BCUT2D eigenvalue weighted by Gasteiger charge is -2.12. The van der Waals surface area contributed by atoms with E-state index in [2.05, 4.69) is 21.2 Å². The summed E-state index contributed by atoms with van der Waals surface area (Å²) in [5, 5.41) is 3.83. The molecule has 0 saturated heterocycles. The molecule has 18 heavy (non-hydrogen) atoms. The second-order valence-corrected chi connectivity index (χ2v) is 5.15. The quantitative estimate of drug-likeness (QED) is 0.786. The standard InChI is InChI=1S/C14H20BrNO2/c1-11-4-3-5-13(10-11)18-9-7-14(17)16-12(2)6-8-15/h3-5,10,12H,6-9H2,1-2H3,(H,16,17). The number of carbonyl (C=O) groups is 1. The van der Waals surface area contributed by atoms with E-state index < -0.39 is 0 Å². The third-order valence-corrected chi connectivity index (χ3v) is 2.99. The van der Waals surface area contributed by atoms with Gasteiger partial charge in [0.1, 0.15) is 5.75 Å². The van der Waals surface area contributed by atoms with Gasteiger partial charge in [0.25, 0.3) is 0 Å². The van der Waals surface area contributed by atoms with Gasteiger partial charge in [-0.05, 0) is 38.0 Å². The summed E-state index contributed by atoms with van der Waals surface area (Å²) in [5.41, 5.74) is 1.16. The molecule has 1 unspecified atom stereocenters. The van der Waals surface area contributed by atoms with Crippen molar-refractivity contribution in [2.45, 2.75) is 32.7 Å². The Morgan fingerprint density at radius 1 is 1.50 bits per heavy atom. The van der Waals surface area contributed by atoms with Crippen LogP contribution in [0.25, 0.3) is 0 Å². The molecule has 0 spiro atoms. The first-order valence-corrected chi connectivity index (χ1v) is 7.28. The maximum atomic E-state index is 11.6. The predicted molar refractivity (Wildman–Crippen MR) is 77.3 cm³/mol. The zero-order valence-electron chi connectivity index (χ0n) is 10.9. The van der Waals surface area contributed by atoms with E-state index in [4.69, 9.17) is 4.74 Å². The molecule has 1 N–H and O–H groups in total. The number of halogens is 1. The van der Waals surface area contributed by atoms with Gasteiger partial charge in [0.2, 0.25) is 5.91 Å². The fraction of sp³-hybridized carbons (Fsp3) is 0.500. The van der Waals surface area contributed by atoms with Crippen molar-refractivity contribution in [3.05, 3.63) is 29.8 Å². The summed E-state index contributed by atoms with van der Waals surface area (Å²) >= 11 is 3.35. The molecule has 0 aliphatic rings. The summed E-state index contributed by atoms with van der Waals surface area (Å²) < 4.78 is 5.53. The number of rotatable bonds is 7. The molecular weight excluding hydrogens is 294 g/mol. The highest BCUT2D eigenvalue weighted by Gasteiger charge is 2.06. The molecule has 4 heteroatoms. The van der Waals surface area contributed by atoms with Gasteiger partial charge in [-0.2, -0.15) is 0 Å². The van der Waals surface area contributed by atoms with Crippen LogP contribution in [-0.2, 0) is 4.79 Å². The highest BCUT2D eigenvalue weighted by atomic mass is 79.9. The molecule has 1 aromatic carbocycles. The molecule has 1 aromatic rings. The first-order valence-electron chi connectivity index (χ1n) is 6.16. The van der Waals surface area contributed by atoms with Crippen molar-refractivity contribution in [2.24, 2.45) is 0 Å². The Morgan fingerprint density at radius 3 is 2.94 bits per heavy atom. The van der Waals surface area contributed by atoms with E-state index in [0.717, 1.165) is 23.1 Å². The minimum Gasteiger partial charge on any atom is -0.493 e. The largest absolute Gasteiger partial charge is 0.493 e. The van der Waals surface area contributed by atoms with Crippen LogP contribution in [0.1, 0.15) is 25.3 Å². The van der Waals surface area contributed by atoms with E-state index in [9.17, 15) is 4.79 Å².